The lowest BCUT2D eigenvalue weighted by molar-refractivity contribution is 0.317. The van der Waals surface area contributed by atoms with E-state index in [1.54, 1.807) is 18.2 Å². The van der Waals surface area contributed by atoms with E-state index in [1.807, 2.05) is 0 Å². The molecule has 0 aliphatic rings. The summed E-state index contributed by atoms with van der Waals surface area (Å²) in [6.45, 7) is 0.276. The zero-order chi connectivity index (χ0) is 12.3. The van der Waals surface area contributed by atoms with Crippen LogP contribution in [0.4, 0.5) is 0 Å². The average molecular weight is 271 g/mol. The Kier molecular flexibility index (Phi) is 3.61. The van der Waals surface area contributed by atoms with Gasteiger partial charge in [-0.15, -0.1) is 0 Å². The maximum atomic E-state index is 9.01. The molecule has 0 spiro atoms. The Hall–Kier alpha value is -1.59. The predicted molar refractivity (Wildman–Crippen MR) is 64.8 cm³/mol. The lowest BCUT2D eigenvalue weighted by Crippen LogP contribution is -2.12. The van der Waals surface area contributed by atoms with Crippen LogP contribution in [0.5, 0.6) is 0 Å². The van der Waals surface area contributed by atoms with Crippen LogP contribution in [0.15, 0.2) is 36.0 Å². The summed E-state index contributed by atoms with van der Waals surface area (Å²) < 4.78 is 1.53. The second kappa shape index (κ2) is 5.16. The van der Waals surface area contributed by atoms with Crippen LogP contribution in [-0.2, 0) is 6.54 Å². The minimum Gasteiger partial charge on any atom is -0.411 e. The maximum Gasteiger partial charge on any atom is 0.137 e. The van der Waals surface area contributed by atoms with Gasteiger partial charge in [0.15, 0.2) is 0 Å². The standard InChI is InChI=1S/C10H8Cl2N4O/c11-7-1-2-8(9(12)3-7)10(15-17)4-16-6-13-5-14-16/h1-3,5-6,17H,4H2. The third-order valence-corrected chi connectivity index (χ3v) is 2.69. The van der Waals surface area contributed by atoms with Gasteiger partial charge in [-0.05, 0) is 18.2 Å². The first-order valence-electron chi connectivity index (χ1n) is 4.69. The summed E-state index contributed by atoms with van der Waals surface area (Å²) in [5, 5.41) is 17.1. The topological polar surface area (TPSA) is 63.3 Å². The van der Waals surface area contributed by atoms with Crippen LogP contribution < -0.4 is 0 Å². The van der Waals surface area contributed by atoms with E-state index >= 15 is 0 Å². The zero-order valence-corrected chi connectivity index (χ0v) is 10.1. The zero-order valence-electron chi connectivity index (χ0n) is 8.59. The van der Waals surface area contributed by atoms with Crippen molar-refractivity contribution in [3.63, 3.8) is 0 Å². The van der Waals surface area contributed by atoms with E-state index in [0.29, 0.717) is 21.3 Å². The molecule has 0 radical (unpaired) electrons. The van der Waals surface area contributed by atoms with Gasteiger partial charge in [0.05, 0.1) is 11.6 Å². The van der Waals surface area contributed by atoms with E-state index in [1.165, 1.54) is 17.3 Å². The van der Waals surface area contributed by atoms with Crippen LogP contribution in [0.25, 0.3) is 0 Å². The summed E-state index contributed by atoms with van der Waals surface area (Å²) in [7, 11) is 0. The van der Waals surface area contributed by atoms with Crippen LogP contribution in [0, 0.1) is 0 Å². The SMILES string of the molecule is ON=C(Cn1cncn1)c1ccc(Cl)cc1Cl. The second-order valence-corrected chi connectivity index (χ2v) is 4.11. The van der Waals surface area contributed by atoms with Crippen molar-refractivity contribution >= 4 is 28.9 Å². The number of rotatable bonds is 3. The molecule has 17 heavy (non-hydrogen) atoms. The fraction of sp³-hybridized carbons (Fsp3) is 0.100. The van der Waals surface area contributed by atoms with Gasteiger partial charge in [-0.1, -0.05) is 28.4 Å². The third kappa shape index (κ3) is 2.75. The summed E-state index contributed by atoms with van der Waals surface area (Å²) in [6.07, 6.45) is 2.92. The number of hydrogen-bond acceptors (Lipinski definition) is 4. The highest BCUT2D eigenvalue weighted by molar-refractivity contribution is 6.37. The largest absolute Gasteiger partial charge is 0.411 e. The Balaban J connectivity index is 2.30. The summed E-state index contributed by atoms with van der Waals surface area (Å²) in [5.41, 5.74) is 0.992. The van der Waals surface area contributed by atoms with Crippen LogP contribution in [0.3, 0.4) is 0 Å². The minimum atomic E-state index is 0.276. The van der Waals surface area contributed by atoms with Gasteiger partial charge in [0.2, 0.25) is 0 Å². The molecule has 0 atom stereocenters. The van der Waals surface area contributed by atoms with Gasteiger partial charge in [0.1, 0.15) is 18.4 Å². The Morgan fingerprint density at radius 2 is 2.24 bits per heavy atom. The Morgan fingerprint density at radius 1 is 1.41 bits per heavy atom. The lowest BCUT2D eigenvalue weighted by Gasteiger charge is -2.06. The molecule has 0 aliphatic heterocycles. The first kappa shape index (κ1) is 11.9. The van der Waals surface area contributed by atoms with Crippen molar-refractivity contribution in [2.45, 2.75) is 6.54 Å². The molecule has 1 heterocycles. The molecule has 0 amide bonds. The molecule has 88 valence electrons. The van der Waals surface area contributed by atoms with Crippen molar-refractivity contribution in [3.05, 3.63) is 46.5 Å². The van der Waals surface area contributed by atoms with Crippen molar-refractivity contribution in [1.29, 1.82) is 0 Å². The Bertz CT molecular complexity index is 539. The van der Waals surface area contributed by atoms with Crippen LogP contribution >= 0.6 is 23.2 Å². The van der Waals surface area contributed by atoms with Crippen molar-refractivity contribution in [2.75, 3.05) is 0 Å². The molecular weight excluding hydrogens is 263 g/mol. The smallest absolute Gasteiger partial charge is 0.137 e. The fourth-order valence-electron chi connectivity index (χ4n) is 1.36. The molecule has 5 nitrogen and oxygen atoms in total. The van der Waals surface area contributed by atoms with Crippen molar-refractivity contribution in [1.82, 2.24) is 14.8 Å². The van der Waals surface area contributed by atoms with E-state index in [9.17, 15) is 0 Å². The van der Waals surface area contributed by atoms with E-state index in [4.69, 9.17) is 28.4 Å². The van der Waals surface area contributed by atoms with Gasteiger partial charge in [-0.25, -0.2) is 9.67 Å². The highest BCUT2D eigenvalue weighted by atomic mass is 35.5. The van der Waals surface area contributed by atoms with Gasteiger partial charge in [-0.3, -0.25) is 0 Å². The fourth-order valence-corrected chi connectivity index (χ4v) is 1.88. The number of oxime groups is 1. The van der Waals surface area contributed by atoms with Gasteiger partial charge < -0.3 is 5.21 Å². The highest BCUT2D eigenvalue weighted by Gasteiger charge is 2.10. The van der Waals surface area contributed by atoms with Crippen molar-refractivity contribution in [3.8, 4) is 0 Å². The Morgan fingerprint density at radius 3 is 2.82 bits per heavy atom. The van der Waals surface area contributed by atoms with Gasteiger partial charge in [0, 0.05) is 10.6 Å². The molecule has 7 heteroatoms. The van der Waals surface area contributed by atoms with Crippen molar-refractivity contribution in [2.24, 2.45) is 5.16 Å². The van der Waals surface area contributed by atoms with E-state index in [-0.39, 0.29) is 6.54 Å². The Labute approximate surface area is 107 Å². The molecule has 0 saturated heterocycles. The summed E-state index contributed by atoms with van der Waals surface area (Å²) in [6, 6.07) is 4.96. The molecular formula is C10H8Cl2N4O. The van der Waals surface area contributed by atoms with Gasteiger partial charge in [-0.2, -0.15) is 5.10 Å². The molecule has 1 N–H and O–H groups in total. The molecule has 0 unspecified atom stereocenters. The first-order valence-corrected chi connectivity index (χ1v) is 5.45. The second-order valence-electron chi connectivity index (χ2n) is 3.26. The van der Waals surface area contributed by atoms with Crippen LogP contribution in [0.2, 0.25) is 10.0 Å². The molecule has 1 aromatic carbocycles. The number of halogens is 2. The van der Waals surface area contributed by atoms with E-state index < -0.39 is 0 Å². The molecule has 0 bridgehead atoms. The van der Waals surface area contributed by atoms with E-state index in [2.05, 4.69) is 15.2 Å². The quantitative estimate of drug-likeness (QED) is 0.530. The number of aromatic nitrogens is 3. The normalized spacial score (nSPS) is 11.8. The lowest BCUT2D eigenvalue weighted by atomic mass is 10.1. The number of hydrogen-bond donors (Lipinski definition) is 1. The highest BCUT2D eigenvalue weighted by Crippen LogP contribution is 2.22. The van der Waals surface area contributed by atoms with Crippen LogP contribution in [0.1, 0.15) is 5.56 Å². The minimum absolute atomic E-state index is 0.276. The van der Waals surface area contributed by atoms with Gasteiger partial charge in [0.25, 0.3) is 0 Å². The summed E-state index contributed by atoms with van der Waals surface area (Å²) in [4.78, 5) is 3.80. The molecule has 2 rings (SSSR count). The number of benzene rings is 1. The maximum absolute atomic E-state index is 9.01. The van der Waals surface area contributed by atoms with Gasteiger partial charge >= 0.3 is 0 Å². The molecule has 0 saturated carbocycles. The first-order chi connectivity index (χ1) is 8.20. The number of nitrogens with zero attached hydrogens (tertiary/aromatic N) is 4. The van der Waals surface area contributed by atoms with Crippen LogP contribution in [-0.4, -0.2) is 25.7 Å². The summed E-state index contributed by atoms with van der Waals surface area (Å²) in [5.74, 6) is 0. The average Bonchev–Trinajstić information content (AvgIpc) is 2.79. The molecule has 0 aliphatic carbocycles. The molecule has 1 aromatic heterocycles. The third-order valence-electron chi connectivity index (χ3n) is 2.14. The summed E-state index contributed by atoms with van der Waals surface area (Å²) >= 11 is 11.8. The molecule has 0 fully saturated rings. The van der Waals surface area contributed by atoms with Crippen molar-refractivity contribution < 1.29 is 5.21 Å². The van der Waals surface area contributed by atoms with E-state index in [0.717, 1.165) is 0 Å². The molecule has 2 aromatic rings. The predicted octanol–water partition coefficient (Wildman–Crippen LogP) is 2.46. The monoisotopic (exact) mass is 270 g/mol.